The summed E-state index contributed by atoms with van der Waals surface area (Å²) in [6.45, 7) is 7.79. The van der Waals surface area contributed by atoms with Crippen LogP contribution in [0, 0.1) is 19.7 Å². The summed E-state index contributed by atoms with van der Waals surface area (Å²) in [5.41, 5.74) is 3.22. The summed E-state index contributed by atoms with van der Waals surface area (Å²) < 4.78 is 13.4. The highest BCUT2D eigenvalue weighted by atomic mass is 35.5. The fourth-order valence-electron chi connectivity index (χ4n) is 1.88. The average molecular weight is 279 g/mol. The number of nitrogens with zero attached hydrogens (tertiary/aromatic N) is 2. The lowest BCUT2D eigenvalue weighted by atomic mass is 10.0. The van der Waals surface area contributed by atoms with Crippen LogP contribution >= 0.6 is 11.6 Å². The van der Waals surface area contributed by atoms with Crippen molar-refractivity contribution in [2.24, 2.45) is 0 Å². The number of benzene rings is 1. The summed E-state index contributed by atoms with van der Waals surface area (Å²) in [6.07, 6.45) is 0. The van der Waals surface area contributed by atoms with Crippen LogP contribution < -0.4 is 0 Å². The average Bonchev–Trinajstić information content (AvgIpc) is 2.35. The van der Waals surface area contributed by atoms with Gasteiger partial charge in [-0.15, -0.1) is 0 Å². The molecule has 4 heteroatoms. The monoisotopic (exact) mass is 278 g/mol. The second-order valence-electron chi connectivity index (χ2n) is 4.96. The smallest absolute Gasteiger partial charge is 0.136 e. The van der Waals surface area contributed by atoms with E-state index in [1.54, 1.807) is 6.07 Å². The Bertz CT molecular complexity index is 624. The fraction of sp³-hybridized carbons (Fsp3) is 0.333. The molecule has 100 valence electrons. The van der Waals surface area contributed by atoms with Gasteiger partial charge in [-0.05, 0) is 31.5 Å². The number of halogens is 2. The van der Waals surface area contributed by atoms with E-state index in [1.807, 2.05) is 27.7 Å². The van der Waals surface area contributed by atoms with Crippen molar-refractivity contribution < 1.29 is 4.39 Å². The zero-order valence-corrected chi connectivity index (χ0v) is 12.2. The first-order valence-electron chi connectivity index (χ1n) is 6.20. The summed E-state index contributed by atoms with van der Waals surface area (Å²) in [6, 6.07) is 4.68. The van der Waals surface area contributed by atoms with Gasteiger partial charge in [0.15, 0.2) is 0 Å². The maximum Gasteiger partial charge on any atom is 0.136 e. The fourth-order valence-corrected chi connectivity index (χ4v) is 2.05. The summed E-state index contributed by atoms with van der Waals surface area (Å²) in [5, 5.41) is 0.428. The third-order valence-electron chi connectivity index (χ3n) is 3.07. The zero-order valence-electron chi connectivity index (χ0n) is 11.5. The molecule has 0 N–H and O–H groups in total. The Morgan fingerprint density at radius 3 is 2.47 bits per heavy atom. The molecule has 2 aromatic rings. The highest BCUT2D eigenvalue weighted by Crippen LogP contribution is 2.30. The van der Waals surface area contributed by atoms with Crippen molar-refractivity contribution in [1.82, 2.24) is 9.97 Å². The van der Waals surface area contributed by atoms with Crippen molar-refractivity contribution in [2.45, 2.75) is 33.6 Å². The third kappa shape index (κ3) is 2.76. The van der Waals surface area contributed by atoms with Crippen molar-refractivity contribution in [2.75, 3.05) is 0 Å². The number of rotatable bonds is 2. The van der Waals surface area contributed by atoms with Crippen LogP contribution in [0.5, 0.6) is 0 Å². The SMILES string of the molecule is Cc1ccc(F)cc1-c1nc(C(C)C)nc(Cl)c1C. The van der Waals surface area contributed by atoms with E-state index in [1.165, 1.54) is 12.1 Å². The van der Waals surface area contributed by atoms with Gasteiger partial charge in [0, 0.05) is 17.0 Å². The normalized spacial score (nSPS) is 11.1. The van der Waals surface area contributed by atoms with Gasteiger partial charge in [0.1, 0.15) is 16.8 Å². The second-order valence-corrected chi connectivity index (χ2v) is 5.32. The predicted octanol–water partition coefficient (Wildman–Crippen LogP) is 4.68. The van der Waals surface area contributed by atoms with Crippen LogP contribution in [-0.2, 0) is 0 Å². The summed E-state index contributed by atoms with van der Waals surface area (Å²) in [4.78, 5) is 8.81. The van der Waals surface area contributed by atoms with Gasteiger partial charge in [0.2, 0.25) is 0 Å². The lowest BCUT2D eigenvalue weighted by molar-refractivity contribution is 0.628. The standard InChI is InChI=1S/C15H16ClFN2/c1-8(2)15-18-13(10(4)14(16)19-15)12-7-11(17)6-5-9(12)3/h5-8H,1-4H3. The molecule has 1 heterocycles. The zero-order chi connectivity index (χ0) is 14.2. The van der Waals surface area contributed by atoms with Crippen LogP contribution in [0.1, 0.15) is 36.7 Å². The van der Waals surface area contributed by atoms with E-state index in [9.17, 15) is 4.39 Å². The first-order valence-corrected chi connectivity index (χ1v) is 6.58. The van der Waals surface area contributed by atoms with Gasteiger partial charge in [0.05, 0.1) is 5.69 Å². The summed E-state index contributed by atoms with van der Waals surface area (Å²) in [7, 11) is 0. The molecule has 0 aliphatic heterocycles. The Hall–Kier alpha value is -1.48. The number of hydrogen-bond donors (Lipinski definition) is 0. The molecule has 0 saturated carbocycles. The number of aryl methyl sites for hydroxylation is 1. The van der Waals surface area contributed by atoms with E-state index in [2.05, 4.69) is 9.97 Å². The maximum absolute atomic E-state index is 13.4. The topological polar surface area (TPSA) is 25.8 Å². The van der Waals surface area contributed by atoms with Crippen molar-refractivity contribution in [1.29, 1.82) is 0 Å². The van der Waals surface area contributed by atoms with Crippen molar-refractivity contribution in [3.8, 4) is 11.3 Å². The Morgan fingerprint density at radius 1 is 1.16 bits per heavy atom. The molecule has 0 fully saturated rings. The Labute approximate surface area is 117 Å². The van der Waals surface area contributed by atoms with Crippen LogP contribution in [0.25, 0.3) is 11.3 Å². The van der Waals surface area contributed by atoms with E-state index >= 15 is 0 Å². The molecule has 0 saturated heterocycles. The molecule has 2 nitrogen and oxygen atoms in total. The van der Waals surface area contributed by atoms with E-state index in [0.717, 1.165) is 16.7 Å². The van der Waals surface area contributed by atoms with Crippen LogP contribution in [0.3, 0.4) is 0 Å². The van der Waals surface area contributed by atoms with Gasteiger partial charge in [-0.2, -0.15) is 0 Å². The Balaban J connectivity index is 2.70. The molecule has 2 rings (SSSR count). The predicted molar refractivity (Wildman–Crippen MR) is 76.0 cm³/mol. The van der Waals surface area contributed by atoms with Crippen LogP contribution in [0.4, 0.5) is 4.39 Å². The maximum atomic E-state index is 13.4. The molecule has 0 bridgehead atoms. The minimum atomic E-state index is -0.277. The molecule has 0 aliphatic carbocycles. The van der Waals surface area contributed by atoms with Crippen molar-refractivity contribution in [3.63, 3.8) is 0 Å². The largest absolute Gasteiger partial charge is 0.232 e. The van der Waals surface area contributed by atoms with Gasteiger partial charge < -0.3 is 0 Å². The molecule has 0 atom stereocenters. The van der Waals surface area contributed by atoms with Crippen molar-refractivity contribution in [3.05, 3.63) is 46.1 Å². The quantitative estimate of drug-likeness (QED) is 0.746. The Morgan fingerprint density at radius 2 is 1.84 bits per heavy atom. The van der Waals surface area contributed by atoms with Crippen LogP contribution in [-0.4, -0.2) is 9.97 Å². The molecule has 0 spiro atoms. The molecule has 0 radical (unpaired) electrons. The van der Waals surface area contributed by atoms with Gasteiger partial charge in [0.25, 0.3) is 0 Å². The molecule has 1 aromatic carbocycles. The van der Waals surface area contributed by atoms with Crippen LogP contribution in [0.2, 0.25) is 5.15 Å². The minimum Gasteiger partial charge on any atom is -0.232 e. The van der Waals surface area contributed by atoms with E-state index in [0.29, 0.717) is 16.7 Å². The Kier molecular flexibility index (Phi) is 3.85. The third-order valence-corrected chi connectivity index (χ3v) is 3.44. The lowest BCUT2D eigenvalue weighted by Crippen LogP contribution is -2.03. The van der Waals surface area contributed by atoms with Gasteiger partial charge in [-0.3, -0.25) is 0 Å². The van der Waals surface area contributed by atoms with E-state index in [4.69, 9.17) is 11.6 Å². The highest BCUT2D eigenvalue weighted by molar-refractivity contribution is 6.30. The molecule has 0 unspecified atom stereocenters. The van der Waals surface area contributed by atoms with Crippen LogP contribution in [0.15, 0.2) is 18.2 Å². The lowest BCUT2D eigenvalue weighted by Gasteiger charge is -2.13. The number of hydrogen-bond acceptors (Lipinski definition) is 2. The van der Waals surface area contributed by atoms with Gasteiger partial charge in [-0.25, -0.2) is 14.4 Å². The second kappa shape index (κ2) is 5.25. The highest BCUT2D eigenvalue weighted by Gasteiger charge is 2.15. The molecular formula is C15H16ClFN2. The summed E-state index contributed by atoms with van der Waals surface area (Å²) >= 11 is 6.16. The van der Waals surface area contributed by atoms with Crippen molar-refractivity contribution >= 4 is 11.6 Å². The first-order chi connectivity index (χ1) is 8.90. The van der Waals surface area contributed by atoms with Gasteiger partial charge in [-0.1, -0.05) is 31.5 Å². The molecule has 1 aromatic heterocycles. The first kappa shape index (κ1) is 13.9. The molecule has 0 aliphatic rings. The molecule has 19 heavy (non-hydrogen) atoms. The minimum absolute atomic E-state index is 0.172. The number of aromatic nitrogens is 2. The van der Waals surface area contributed by atoms with E-state index < -0.39 is 0 Å². The van der Waals surface area contributed by atoms with E-state index in [-0.39, 0.29) is 11.7 Å². The van der Waals surface area contributed by atoms with Gasteiger partial charge >= 0.3 is 0 Å². The molecular weight excluding hydrogens is 263 g/mol. The summed E-state index contributed by atoms with van der Waals surface area (Å²) in [5.74, 6) is 0.570. The molecule has 0 amide bonds.